The Morgan fingerprint density at radius 2 is 0.907 bits per heavy atom. The molecule has 0 aliphatic heterocycles. The summed E-state index contributed by atoms with van der Waals surface area (Å²) in [5, 5.41) is 0. The Balaban J connectivity index is 0.000000218. The van der Waals surface area contributed by atoms with Crippen LogP contribution >= 0.6 is 0 Å². The summed E-state index contributed by atoms with van der Waals surface area (Å²) in [6, 6.07) is 26.4. The van der Waals surface area contributed by atoms with E-state index in [4.69, 9.17) is 28.4 Å². The number of ether oxygens (including phenoxy) is 6. The summed E-state index contributed by atoms with van der Waals surface area (Å²) in [5.41, 5.74) is 6.52. The lowest BCUT2D eigenvalue weighted by Gasteiger charge is -2.08. The molecular formula is C44H48O10. The first-order chi connectivity index (χ1) is 26.3. The van der Waals surface area contributed by atoms with E-state index in [-0.39, 0.29) is 0 Å². The molecule has 4 aromatic carbocycles. The molecule has 0 unspecified atom stereocenters. The minimum absolute atomic E-state index is 0.373. The third-order valence-corrected chi connectivity index (χ3v) is 8.21. The molecule has 10 nitrogen and oxygen atoms in total. The van der Waals surface area contributed by atoms with Gasteiger partial charge in [-0.15, -0.1) is 0 Å². The molecule has 0 saturated heterocycles. The van der Waals surface area contributed by atoms with Crippen molar-refractivity contribution in [1.29, 1.82) is 0 Å². The second-order valence-corrected chi connectivity index (χ2v) is 11.9. The lowest BCUT2D eigenvalue weighted by molar-refractivity contribution is -0.138. The molecular weight excluding hydrogens is 688 g/mol. The minimum Gasteiger partial charge on any atom is -0.497 e. The summed E-state index contributed by atoms with van der Waals surface area (Å²) < 4.78 is 31.2. The maximum absolute atomic E-state index is 10.7. The van der Waals surface area contributed by atoms with Gasteiger partial charge in [-0.25, -0.2) is 9.59 Å². The fraction of sp³-hybridized carbons (Fsp3) is 0.273. The van der Waals surface area contributed by atoms with Gasteiger partial charge in [0.15, 0.2) is 0 Å². The van der Waals surface area contributed by atoms with E-state index in [1.165, 1.54) is 22.3 Å². The summed E-state index contributed by atoms with van der Waals surface area (Å²) in [6.45, 7) is 10.7. The number of aldehydes is 2. The zero-order valence-electron chi connectivity index (χ0n) is 31.1. The Hall–Kier alpha value is -6.16. The molecule has 284 valence electrons. The van der Waals surface area contributed by atoms with Crippen molar-refractivity contribution in [3.8, 4) is 34.1 Å². The highest BCUT2D eigenvalue weighted by Crippen LogP contribution is 2.46. The van der Waals surface area contributed by atoms with Crippen LogP contribution in [0.3, 0.4) is 0 Å². The number of benzene rings is 4. The van der Waals surface area contributed by atoms with Crippen molar-refractivity contribution >= 4 is 24.5 Å². The van der Waals surface area contributed by atoms with Crippen LogP contribution in [0.5, 0.6) is 23.0 Å². The highest BCUT2D eigenvalue weighted by atomic mass is 16.5. The van der Waals surface area contributed by atoms with E-state index in [9.17, 15) is 19.2 Å². The summed E-state index contributed by atoms with van der Waals surface area (Å²) in [6.07, 6.45) is 6.93. The number of fused-ring (bicyclic) bond motifs is 3. The van der Waals surface area contributed by atoms with Gasteiger partial charge in [0.2, 0.25) is 0 Å². The van der Waals surface area contributed by atoms with Crippen LogP contribution in [-0.2, 0) is 19.1 Å². The summed E-state index contributed by atoms with van der Waals surface area (Å²) in [4.78, 5) is 42.3. The van der Waals surface area contributed by atoms with Crippen LogP contribution in [0.2, 0.25) is 0 Å². The zero-order valence-corrected chi connectivity index (χ0v) is 31.1. The van der Waals surface area contributed by atoms with Gasteiger partial charge in [0.05, 0.1) is 40.6 Å². The fourth-order valence-electron chi connectivity index (χ4n) is 5.25. The number of carbonyl (C=O) groups is 4. The molecule has 10 heteroatoms. The molecule has 4 aromatic rings. The third kappa shape index (κ3) is 13.8. The van der Waals surface area contributed by atoms with Crippen LogP contribution in [0.4, 0.5) is 0 Å². The lowest BCUT2D eigenvalue weighted by atomic mass is 9.99. The Labute approximate surface area is 317 Å². The molecule has 0 saturated carbocycles. The number of unbranched alkanes of at least 4 members (excludes halogenated alkanes) is 2. The molecule has 0 heterocycles. The second kappa shape index (κ2) is 23.4. The SMILES string of the molecule is C=CC(=O)OCCCCOc1ccc(C=O)cc1.C=CC(=O)OCCCCOc1ccc(C=O)cc1.COc1ccc2c(c1)C(C)c1cc(OC)ccc1-2. The topological polar surface area (TPSA) is 124 Å². The largest absolute Gasteiger partial charge is 0.497 e. The van der Waals surface area contributed by atoms with Gasteiger partial charge in [-0.1, -0.05) is 32.2 Å². The number of carbonyl (C=O) groups excluding carboxylic acids is 4. The number of esters is 2. The predicted octanol–water partition coefficient (Wildman–Crippen LogP) is 8.61. The van der Waals surface area contributed by atoms with Crippen LogP contribution in [-0.4, -0.2) is 65.2 Å². The van der Waals surface area contributed by atoms with E-state index in [0.29, 0.717) is 43.5 Å². The van der Waals surface area contributed by atoms with Crippen molar-refractivity contribution in [1.82, 2.24) is 0 Å². The van der Waals surface area contributed by atoms with Crippen molar-refractivity contribution in [3.05, 3.63) is 132 Å². The van der Waals surface area contributed by atoms with Crippen molar-refractivity contribution in [2.24, 2.45) is 0 Å². The zero-order chi connectivity index (χ0) is 39.1. The molecule has 1 aliphatic rings. The molecule has 0 radical (unpaired) electrons. The highest BCUT2D eigenvalue weighted by Gasteiger charge is 2.26. The fourth-order valence-corrected chi connectivity index (χ4v) is 5.25. The summed E-state index contributed by atoms with van der Waals surface area (Å²) in [7, 11) is 3.41. The molecule has 0 spiro atoms. The number of rotatable bonds is 18. The maximum Gasteiger partial charge on any atom is 0.330 e. The first-order valence-corrected chi connectivity index (χ1v) is 17.6. The van der Waals surface area contributed by atoms with Crippen molar-refractivity contribution < 1.29 is 47.6 Å². The Morgan fingerprint density at radius 1 is 0.556 bits per heavy atom. The van der Waals surface area contributed by atoms with Crippen molar-refractivity contribution in [3.63, 3.8) is 0 Å². The van der Waals surface area contributed by atoms with E-state index in [0.717, 1.165) is 73.4 Å². The second-order valence-electron chi connectivity index (χ2n) is 11.9. The van der Waals surface area contributed by atoms with E-state index in [1.807, 2.05) is 12.1 Å². The van der Waals surface area contributed by atoms with Gasteiger partial charge in [-0.2, -0.15) is 0 Å². The third-order valence-electron chi connectivity index (χ3n) is 8.21. The van der Waals surface area contributed by atoms with Gasteiger partial charge in [0, 0.05) is 29.2 Å². The van der Waals surface area contributed by atoms with E-state index >= 15 is 0 Å². The van der Waals surface area contributed by atoms with Crippen LogP contribution in [0.15, 0.2) is 110 Å². The molecule has 5 rings (SSSR count). The molecule has 0 atom stereocenters. The summed E-state index contributed by atoms with van der Waals surface area (Å²) in [5.74, 6) is 2.87. The number of hydrogen-bond acceptors (Lipinski definition) is 10. The monoisotopic (exact) mass is 736 g/mol. The van der Waals surface area contributed by atoms with Crippen molar-refractivity contribution in [2.45, 2.75) is 38.5 Å². The lowest BCUT2D eigenvalue weighted by Crippen LogP contribution is -2.04. The maximum atomic E-state index is 10.7. The van der Waals surface area contributed by atoms with Gasteiger partial charge in [0.1, 0.15) is 35.6 Å². The van der Waals surface area contributed by atoms with E-state index in [1.54, 1.807) is 62.8 Å². The van der Waals surface area contributed by atoms with Gasteiger partial charge >= 0.3 is 11.9 Å². The Bertz CT molecular complexity index is 1680. The standard InChI is InChI=1S/C16H16O2.2C14H16O4/c1-10-15-8-11(17-2)4-6-13(15)14-7-5-12(18-3)9-16(10)14;2*1-2-14(16)18-10-4-3-9-17-13-7-5-12(11-15)6-8-13/h4-10H,1-3H3;2*2,5-8,11H,1,3-4,9-10H2. The first kappa shape index (κ1) is 42.3. The average Bonchev–Trinajstić information content (AvgIpc) is 3.50. The summed E-state index contributed by atoms with van der Waals surface area (Å²) >= 11 is 0. The molecule has 0 amide bonds. The van der Waals surface area contributed by atoms with E-state index in [2.05, 4.69) is 44.3 Å². The Kier molecular flexibility index (Phi) is 18.3. The number of methoxy groups -OCH3 is 2. The number of hydrogen-bond donors (Lipinski definition) is 0. The highest BCUT2D eigenvalue weighted by molar-refractivity contribution is 5.82. The van der Waals surface area contributed by atoms with Crippen LogP contribution in [0.1, 0.15) is 70.4 Å². The minimum atomic E-state index is -0.402. The van der Waals surface area contributed by atoms with Crippen LogP contribution in [0.25, 0.3) is 11.1 Å². The molecule has 0 aromatic heterocycles. The predicted molar refractivity (Wildman–Crippen MR) is 208 cm³/mol. The smallest absolute Gasteiger partial charge is 0.330 e. The molecule has 54 heavy (non-hydrogen) atoms. The van der Waals surface area contributed by atoms with Crippen LogP contribution in [0, 0.1) is 0 Å². The van der Waals surface area contributed by atoms with Gasteiger partial charge in [-0.3, -0.25) is 9.59 Å². The molecule has 0 N–H and O–H groups in total. The quantitative estimate of drug-likeness (QED) is 0.0425. The van der Waals surface area contributed by atoms with E-state index < -0.39 is 11.9 Å². The van der Waals surface area contributed by atoms with Gasteiger partial charge in [-0.05, 0) is 121 Å². The Morgan fingerprint density at radius 3 is 1.24 bits per heavy atom. The molecule has 1 aliphatic carbocycles. The molecule has 0 fully saturated rings. The van der Waals surface area contributed by atoms with Crippen LogP contribution < -0.4 is 18.9 Å². The molecule has 0 bridgehead atoms. The van der Waals surface area contributed by atoms with Gasteiger partial charge in [0.25, 0.3) is 0 Å². The van der Waals surface area contributed by atoms with Crippen molar-refractivity contribution in [2.75, 3.05) is 40.6 Å². The normalized spacial score (nSPS) is 10.7. The van der Waals surface area contributed by atoms with Gasteiger partial charge < -0.3 is 28.4 Å². The average molecular weight is 737 g/mol. The first-order valence-electron chi connectivity index (χ1n) is 17.6.